The Morgan fingerprint density at radius 2 is 1.95 bits per heavy atom. The number of nitrogens with zero attached hydrogens (tertiary/aromatic N) is 2. The monoisotopic (exact) mass is 258 g/mol. The first kappa shape index (κ1) is 12.6. The zero-order chi connectivity index (χ0) is 13.5. The highest BCUT2D eigenvalue weighted by molar-refractivity contribution is 5.93. The molecule has 19 heavy (non-hydrogen) atoms. The molecule has 0 amide bonds. The van der Waals surface area contributed by atoms with Crippen molar-refractivity contribution < 1.29 is 4.74 Å². The van der Waals surface area contributed by atoms with Crippen molar-refractivity contribution in [1.29, 1.82) is 0 Å². The van der Waals surface area contributed by atoms with E-state index >= 15 is 0 Å². The van der Waals surface area contributed by atoms with E-state index in [2.05, 4.69) is 32.9 Å². The van der Waals surface area contributed by atoms with Crippen molar-refractivity contribution in [2.45, 2.75) is 52.5 Å². The molecule has 102 valence electrons. The van der Waals surface area contributed by atoms with Crippen LogP contribution in [-0.4, -0.2) is 23.5 Å². The minimum Gasteiger partial charge on any atom is -0.474 e. The second-order valence-corrected chi connectivity index (χ2v) is 6.64. The summed E-state index contributed by atoms with van der Waals surface area (Å²) in [6, 6.07) is 4.50. The van der Waals surface area contributed by atoms with Crippen LogP contribution in [0, 0.1) is 5.41 Å². The Morgan fingerprint density at radius 1 is 1.16 bits per heavy atom. The highest BCUT2D eigenvalue weighted by atomic mass is 16.5. The van der Waals surface area contributed by atoms with E-state index in [1.165, 1.54) is 30.5 Å². The quantitative estimate of drug-likeness (QED) is 0.775. The number of rotatable bonds is 1. The van der Waals surface area contributed by atoms with E-state index in [-0.39, 0.29) is 11.5 Å². The van der Waals surface area contributed by atoms with Gasteiger partial charge in [0, 0.05) is 5.69 Å². The molecule has 0 saturated heterocycles. The summed E-state index contributed by atoms with van der Waals surface area (Å²) in [6.07, 6.45) is 4.80. The number of hydrogen-bond donors (Lipinski definition) is 0. The molecule has 1 aliphatic carbocycles. The molecule has 1 unspecified atom stereocenters. The van der Waals surface area contributed by atoms with E-state index in [4.69, 9.17) is 14.7 Å². The van der Waals surface area contributed by atoms with Crippen molar-refractivity contribution in [2.75, 3.05) is 6.61 Å². The summed E-state index contributed by atoms with van der Waals surface area (Å²) < 4.78 is 5.76. The summed E-state index contributed by atoms with van der Waals surface area (Å²) in [5.74, 6) is 0.730. The van der Waals surface area contributed by atoms with Gasteiger partial charge in [-0.05, 0) is 42.7 Å². The lowest BCUT2D eigenvalue weighted by Gasteiger charge is -2.21. The molecule has 1 aliphatic heterocycles. The minimum atomic E-state index is 0.149. The minimum absolute atomic E-state index is 0.149. The Bertz CT molecular complexity index is 514. The summed E-state index contributed by atoms with van der Waals surface area (Å²) in [5.41, 5.74) is 3.71. The number of fused-ring (bicyclic) bond motifs is 1. The number of aliphatic imine (C=N–C) groups is 1. The summed E-state index contributed by atoms with van der Waals surface area (Å²) in [5, 5.41) is 0. The maximum atomic E-state index is 5.76. The summed E-state index contributed by atoms with van der Waals surface area (Å²) in [7, 11) is 0. The smallest absolute Gasteiger partial charge is 0.235 e. The predicted octanol–water partition coefficient (Wildman–Crippen LogP) is 3.15. The zero-order valence-electron chi connectivity index (χ0n) is 12.1. The fourth-order valence-electron chi connectivity index (χ4n) is 2.66. The largest absolute Gasteiger partial charge is 0.474 e. The Kier molecular flexibility index (Phi) is 3.08. The third-order valence-electron chi connectivity index (χ3n) is 4.05. The van der Waals surface area contributed by atoms with E-state index in [9.17, 15) is 0 Å². The molecule has 0 spiro atoms. The van der Waals surface area contributed by atoms with Gasteiger partial charge in [0.2, 0.25) is 5.90 Å². The Hall–Kier alpha value is -1.38. The summed E-state index contributed by atoms with van der Waals surface area (Å²) >= 11 is 0. The van der Waals surface area contributed by atoms with Crippen LogP contribution in [0.3, 0.4) is 0 Å². The molecular formula is C16H22N2O. The molecule has 3 heteroatoms. The molecule has 0 radical (unpaired) electrons. The van der Waals surface area contributed by atoms with Crippen LogP contribution in [0.5, 0.6) is 0 Å². The molecule has 1 aromatic heterocycles. The lowest BCUT2D eigenvalue weighted by molar-refractivity contribution is 0.235. The van der Waals surface area contributed by atoms with Gasteiger partial charge < -0.3 is 4.74 Å². The highest BCUT2D eigenvalue weighted by Gasteiger charge is 2.31. The first-order valence-electron chi connectivity index (χ1n) is 7.24. The van der Waals surface area contributed by atoms with Crippen LogP contribution >= 0.6 is 0 Å². The van der Waals surface area contributed by atoms with Gasteiger partial charge in [-0.15, -0.1) is 0 Å². The fourth-order valence-corrected chi connectivity index (χ4v) is 2.66. The average Bonchev–Trinajstić information content (AvgIpc) is 2.87. The van der Waals surface area contributed by atoms with E-state index < -0.39 is 0 Å². The van der Waals surface area contributed by atoms with Crippen LogP contribution in [0.2, 0.25) is 0 Å². The van der Waals surface area contributed by atoms with Gasteiger partial charge in [0.25, 0.3) is 0 Å². The molecular weight excluding hydrogens is 236 g/mol. The third kappa shape index (κ3) is 2.51. The third-order valence-corrected chi connectivity index (χ3v) is 4.05. The molecule has 0 N–H and O–H groups in total. The second-order valence-electron chi connectivity index (χ2n) is 6.64. The normalized spacial score (nSPS) is 22.7. The second kappa shape index (κ2) is 4.62. The Morgan fingerprint density at radius 3 is 2.68 bits per heavy atom. The zero-order valence-corrected chi connectivity index (χ0v) is 12.1. The van der Waals surface area contributed by atoms with Gasteiger partial charge in [0.05, 0.1) is 6.04 Å². The fraction of sp³-hybridized carbons (Fsp3) is 0.625. The Balaban J connectivity index is 1.87. The van der Waals surface area contributed by atoms with Gasteiger partial charge in [-0.1, -0.05) is 26.8 Å². The van der Waals surface area contributed by atoms with Crippen LogP contribution in [0.4, 0.5) is 0 Å². The van der Waals surface area contributed by atoms with Gasteiger partial charge in [-0.3, -0.25) is 0 Å². The first-order chi connectivity index (χ1) is 9.04. The lowest BCUT2D eigenvalue weighted by atomic mass is 9.88. The van der Waals surface area contributed by atoms with Crippen molar-refractivity contribution in [3.63, 3.8) is 0 Å². The molecule has 0 bridgehead atoms. The van der Waals surface area contributed by atoms with Crippen LogP contribution in [0.1, 0.15) is 50.6 Å². The average molecular weight is 258 g/mol. The van der Waals surface area contributed by atoms with Crippen molar-refractivity contribution >= 4 is 5.90 Å². The van der Waals surface area contributed by atoms with Crippen molar-refractivity contribution in [3.8, 4) is 0 Å². The molecule has 3 nitrogen and oxygen atoms in total. The molecule has 2 aliphatic rings. The number of hydrogen-bond acceptors (Lipinski definition) is 3. The van der Waals surface area contributed by atoms with Gasteiger partial charge >= 0.3 is 0 Å². The van der Waals surface area contributed by atoms with Crippen molar-refractivity contribution in [1.82, 2.24) is 4.98 Å². The standard InChI is InChI=1S/C16H22N2O/c1-16(2,3)14-10-19-15(18-14)13-9-8-11-6-4-5-7-12(11)17-13/h8-9,14H,4-7,10H2,1-3H3. The Labute approximate surface area is 115 Å². The predicted molar refractivity (Wildman–Crippen MR) is 76.6 cm³/mol. The van der Waals surface area contributed by atoms with Gasteiger partial charge in [-0.2, -0.15) is 0 Å². The number of pyridine rings is 1. The van der Waals surface area contributed by atoms with E-state index in [0.717, 1.165) is 18.0 Å². The van der Waals surface area contributed by atoms with Crippen molar-refractivity contribution in [2.24, 2.45) is 10.4 Å². The molecule has 2 heterocycles. The van der Waals surface area contributed by atoms with Crippen molar-refractivity contribution in [3.05, 3.63) is 29.1 Å². The van der Waals surface area contributed by atoms with E-state index in [1.54, 1.807) is 0 Å². The SMILES string of the molecule is CC(C)(C)C1COC(c2ccc3c(n2)CCCC3)=N1. The molecule has 0 fully saturated rings. The van der Waals surface area contributed by atoms with Crippen LogP contribution in [0.25, 0.3) is 0 Å². The number of aromatic nitrogens is 1. The van der Waals surface area contributed by atoms with Crippen LogP contribution < -0.4 is 0 Å². The lowest BCUT2D eigenvalue weighted by Crippen LogP contribution is -2.25. The highest BCUT2D eigenvalue weighted by Crippen LogP contribution is 2.27. The molecule has 3 rings (SSSR count). The maximum absolute atomic E-state index is 5.76. The number of aryl methyl sites for hydroxylation is 2. The molecule has 0 aromatic carbocycles. The number of ether oxygens (including phenoxy) is 1. The van der Waals surface area contributed by atoms with E-state index in [0.29, 0.717) is 6.61 Å². The first-order valence-corrected chi connectivity index (χ1v) is 7.24. The van der Waals surface area contributed by atoms with Crippen LogP contribution in [0.15, 0.2) is 17.1 Å². The molecule has 1 atom stereocenters. The summed E-state index contributed by atoms with van der Waals surface area (Å²) in [6.45, 7) is 7.28. The molecule has 0 saturated carbocycles. The van der Waals surface area contributed by atoms with Crippen LogP contribution in [-0.2, 0) is 17.6 Å². The molecule has 1 aromatic rings. The van der Waals surface area contributed by atoms with E-state index in [1.807, 2.05) is 0 Å². The van der Waals surface area contributed by atoms with Gasteiger partial charge in [0.1, 0.15) is 12.3 Å². The van der Waals surface area contributed by atoms with Gasteiger partial charge in [0.15, 0.2) is 0 Å². The topological polar surface area (TPSA) is 34.5 Å². The summed E-state index contributed by atoms with van der Waals surface area (Å²) in [4.78, 5) is 9.47. The van der Waals surface area contributed by atoms with Gasteiger partial charge in [-0.25, -0.2) is 9.98 Å². The maximum Gasteiger partial charge on any atom is 0.235 e.